The van der Waals surface area contributed by atoms with E-state index in [1.54, 1.807) is 19.2 Å². The van der Waals surface area contributed by atoms with Gasteiger partial charge in [-0.15, -0.1) is 0 Å². The van der Waals surface area contributed by atoms with Crippen LogP contribution in [-0.4, -0.2) is 13.0 Å². The zero-order chi connectivity index (χ0) is 14.7. The van der Waals surface area contributed by atoms with E-state index in [1.807, 2.05) is 54.6 Å². The third kappa shape index (κ3) is 2.58. The highest BCUT2D eigenvalue weighted by molar-refractivity contribution is 6.07. The molecule has 1 amide bonds. The molecule has 0 aliphatic heterocycles. The maximum absolute atomic E-state index is 12.3. The Kier molecular flexibility index (Phi) is 3.56. The van der Waals surface area contributed by atoms with Crippen molar-refractivity contribution in [3.05, 3.63) is 72.3 Å². The molecule has 21 heavy (non-hydrogen) atoms. The summed E-state index contributed by atoms with van der Waals surface area (Å²) in [6.07, 6.45) is 0. The number of ether oxygens (including phenoxy) is 1. The van der Waals surface area contributed by atoms with Crippen LogP contribution in [0.2, 0.25) is 0 Å². The van der Waals surface area contributed by atoms with Crippen molar-refractivity contribution in [2.45, 2.75) is 0 Å². The minimum absolute atomic E-state index is 0.149. The Morgan fingerprint density at radius 1 is 0.905 bits per heavy atom. The number of amides is 1. The maximum atomic E-state index is 12.3. The molecule has 0 atom stereocenters. The van der Waals surface area contributed by atoms with E-state index in [-0.39, 0.29) is 5.91 Å². The first-order valence-electron chi connectivity index (χ1n) is 6.72. The molecule has 0 fully saturated rings. The first-order chi connectivity index (χ1) is 10.3. The maximum Gasteiger partial charge on any atom is 0.255 e. The van der Waals surface area contributed by atoms with Gasteiger partial charge in [-0.05, 0) is 23.6 Å². The van der Waals surface area contributed by atoms with Gasteiger partial charge in [0, 0.05) is 10.9 Å². The molecule has 0 saturated carbocycles. The van der Waals surface area contributed by atoms with Crippen molar-refractivity contribution in [2.24, 2.45) is 0 Å². The molecule has 3 aromatic carbocycles. The van der Waals surface area contributed by atoms with Crippen LogP contribution in [0.4, 0.5) is 5.69 Å². The summed E-state index contributed by atoms with van der Waals surface area (Å²) in [5, 5.41) is 4.96. The number of carbonyl (C=O) groups is 1. The van der Waals surface area contributed by atoms with Gasteiger partial charge >= 0.3 is 0 Å². The number of methoxy groups -OCH3 is 1. The highest BCUT2D eigenvalue weighted by Crippen LogP contribution is 2.33. The molecule has 0 aliphatic carbocycles. The lowest BCUT2D eigenvalue weighted by atomic mass is 10.1. The summed E-state index contributed by atoms with van der Waals surface area (Å²) in [6.45, 7) is 0. The predicted octanol–water partition coefficient (Wildman–Crippen LogP) is 4.10. The van der Waals surface area contributed by atoms with Crippen LogP contribution >= 0.6 is 0 Å². The SMILES string of the molecule is COc1c(NC(=O)c2ccccc2)ccc2ccccc12. The van der Waals surface area contributed by atoms with Crippen molar-refractivity contribution >= 4 is 22.4 Å². The zero-order valence-electron chi connectivity index (χ0n) is 11.7. The van der Waals surface area contributed by atoms with E-state index in [9.17, 15) is 4.79 Å². The number of fused-ring (bicyclic) bond motifs is 1. The summed E-state index contributed by atoms with van der Waals surface area (Å²) in [5.74, 6) is 0.529. The summed E-state index contributed by atoms with van der Waals surface area (Å²) < 4.78 is 5.48. The van der Waals surface area contributed by atoms with Gasteiger partial charge in [-0.1, -0.05) is 48.5 Å². The Morgan fingerprint density at radius 3 is 2.38 bits per heavy atom. The summed E-state index contributed by atoms with van der Waals surface area (Å²) in [6, 6.07) is 20.9. The predicted molar refractivity (Wildman–Crippen MR) is 84.9 cm³/mol. The summed E-state index contributed by atoms with van der Waals surface area (Å²) in [4.78, 5) is 12.3. The van der Waals surface area contributed by atoms with Crippen LogP contribution in [0.5, 0.6) is 5.75 Å². The summed E-state index contributed by atoms with van der Waals surface area (Å²) in [7, 11) is 1.61. The highest BCUT2D eigenvalue weighted by atomic mass is 16.5. The smallest absolute Gasteiger partial charge is 0.255 e. The normalized spacial score (nSPS) is 10.3. The Bertz CT molecular complexity index is 782. The fourth-order valence-corrected chi connectivity index (χ4v) is 2.35. The molecule has 3 aromatic rings. The summed E-state index contributed by atoms with van der Waals surface area (Å²) in [5.41, 5.74) is 1.29. The molecular formula is C18H15NO2. The molecule has 0 spiro atoms. The second-order valence-electron chi connectivity index (χ2n) is 4.69. The summed E-state index contributed by atoms with van der Waals surface area (Å²) >= 11 is 0. The van der Waals surface area contributed by atoms with Crippen molar-refractivity contribution in [1.82, 2.24) is 0 Å². The number of rotatable bonds is 3. The average Bonchev–Trinajstić information content (AvgIpc) is 2.55. The molecule has 104 valence electrons. The van der Waals surface area contributed by atoms with Gasteiger partial charge in [-0.3, -0.25) is 4.79 Å². The van der Waals surface area contributed by atoms with Crippen LogP contribution in [0.15, 0.2) is 66.7 Å². The second-order valence-corrected chi connectivity index (χ2v) is 4.69. The Hall–Kier alpha value is -2.81. The number of nitrogens with one attached hydrogen (secondary N) is 1. The van der Waals surface area contributed by atoms with E-state index in [0.717, 1.165) is 10.8 Å². The largest absolute Gasteiger partial charge is 0.494 e. The molecule has 3 nitrogen and oxygen atoms in total. The number of hydrogen-bond acceptors (Lipinski definition) is 2. The van der Waals surface area contributed by atoms with Gasteiger partial charge in [-0.25, -0.2) is 0 Å². The minimum Gasteiger partial charge on any atom is -0.494 e. The minimum atomic E-state index is -0.149. The molecule has 0 bridgehead atoms. The van der Waals surface area contributed by atoms with Gasteiger partial charge in [0.25, 0.3) is 5.91 Å². The molecule has 0 aromatic heterocycles. The Labute approximate surface area is 123 Å². The lowest BCUT2D eigenvalue weighted by Gasteiger charge is -2.13. The Balaban J connectivity index is 1.99. The first-order valence-corrected chi connectivity index (χ1v) is 6.72. The van der Waals surface area contributed by atoms with Crippen LogP contribution in [0.25, 0.3) is 10.8 Å². The van der Waals surface area contributed by atoms with Gasteiger partial charge in [0.2, 0.25) is 0 Å². The van der Waals surface area contributed by atoms with Crippen LogP contribution in [0.1, 0.15) is 10.4 Å². The van der Waals surface area contributed by atoms with Gasteiger partial charge in [-0.2, -0.15) is 0 Å². The van der Waals surface area contributed by atoms with Crippen molar-refractivity contribution in [1.29, 1.82) is 0 Å². The third-order valence-corrected chi connectivity index (χ3v) is 3.37. The van der Waals surface area contributed by atoms with Crippen molar-refractivity contribution in [3.63, 3.8) is 0 Å². The molecular weight excluding hydrogens is 262 g/mol. The second kappa shape index (κ2) is 5.67. The van der Waals surface area contributed by atoms with E-state index in [1.165, 1.54) is 0 Å². The quantitative estimate of drug-likeness (QED) is 0.782. The lowest BCUT2D eigenvalue weighted by molar-refractivity contribution is 0.102. The molecule has 0 unspecified atom stereocenters. The van der Waals surface area contributed by atoms with E-state index in [4.69, 9.17) is 4.74 Å². The molecule has 3 heteroatoms. The van der Waals surface area contributed by atoms with Crippen LogP contribution in [-0.2, 0) is 0 Å². The van der Waals surface area contributed by atoms with Gasteiger partial charge < -0.3 is 10.1 Å². The Morgan fingerprint density at radius 2 is 1.62 bits per heavy atom. The molecule has 0 saturated heterocycles. The van der Waals surface area contributed by atoms with Crippen molar-refractivity contribution in [2.75, 3.05) is 12.4 Å². The van der Waals surface area contributed by atoms with Crippen LogP contribution < -0.4 is 10.1 Å². The monoisotopic (exact) mass is 277 g/mol. The van der Waals surface area contributed by atoms with Crippen molar-refractivity contribution < 1.29 is 9.53 Å². The van der Waals surface area contributed by atoms with Crippen LogP contribution in [0.3, 0.4) is 0 Å². The highest BCUT2D eigenvalue weighted by Gasteiger charge is 2.11. The fourth-order valence-electron chi connectivity index (χ4n) is 2.35. The van der Waals surface area contributed by atoms with E-state index in [0.29, 0.717) is 17.0 Å². The first kappa shape index (κ1) is 13.2. The zero-order valence-corrected chi connectivity index (χ0v) is 11.7. The molecule has 1 N–H and O–H groups in total. The van der Waals surface area contributed by atoms with E-state index >= 15 is 0 Å². The van der Waals surface area contributed by atoms with E-state index < -0.39 is 0 Å². The molecule has 0 radical (unpaired) electrons. The van der Waals surface area contributed by atoms with Gasteiger partial charge in [0.15, 0.2) is 0 Å². The van der Waals surface area contributed by atoms with Crippen LogP contribution in [0, 0.1) is 0 Å². The lowest BCUT2D eigenvalue weighted by Crippen LogP contribution is -2.12. The van der Waals surface area contributed by atoms with Gasteiger partial charge in [0.05, 0.1) is 12.8 Å². The average molecular weight is 277 g/mol. The van der Waals surface area contributed by atoms with Crippen molar-refractivity contribution in [3.8, 4) is 5.75 Å². The topological polar surface area (TPSA) is 38.3 Å². The number of anilines is 1. The fraction of sp³-hybridized carbons (Fsp3) is 0.0556. The number of carbonyl (C=O) groups excluding carboxylic acids is 1. The molecule has 3 rings (SSSR count). The number of benzene rings is 3. The molecule has 0 aliphatic rings. The molecule has 0 heterocycles. The van der Waals surface area contributed by atoms with E-state index in [2.05, 4.69) is 5.32 Å². The standard InChI is InChI=1S/C18H15NO2/c1-21-17-15-10-6-5-7-13(15)11-12-16(17)19-18(20)14-8-3-2-4-9-14/h2-12H,1H3,(H,19,20). The van der Waals surface area contributed by atoms with Gasteiger partial charge in [0.1, 0.15) is 5.75 Å². The number of hydrogen-bond donors (Lipinski definition) is 1. The third-order valence-electron chi connectivity index (χ3n) is 3.37.